The molecule has 1 aromatic heterocycles. The lowest BCUT2D eigenvalue weighted by Gasteiger charge is -2.21. The number of rotatable bonds is 2. The number of para-hydroxylation sites is 1. The third-order valence-corrected chi connectivity index (χ3v) is 4.41. The summed E-state index contributed by atoms with van der Waals surface area (Å²) in [4.78, 5) is 16.0. The van der Waals surface area contributed by atoms with Gasteiger partial charge in [0.15, 0.2) is 5.58 Å². The Morgan fingerprint density at radius 3 is 2.84 bits per heavy atom. The van der Waals surface area contributed by atoms with E-state index in [4.69, 9.17) is 10.2 Å². The molecule has 0 saturated carbocycles. The molecule has 2 aromatic rings. The standard InChI is InChI=1S/C14H15N3O2/c15-12(18)9-2-1-3-10-11(9)19-13(16-10)14-6-4-8(17-14)5-7-14/h1-3,8,17H,4-7H2,(H2,15,18). The quantitative estimate of drug-likeness (QED) is 0.857. The Hall–Kier alpha value is -1.88. The topological polar surface area (TPSA) is 81.2 Å². The number of carbonyl (C=O) groups excluding carboxylic acids is 1. The Bertz CT molecular complexity index is 668. The fraction of sp³-hybridized carbons (Fsp3) is 0.429. The molecule has 3 heterocycles. The number of oxazole rings is 1. The molecule has 3 N–H and O–H groups in total. The summed E-state index contributed by atoms with van der Waals surface area (Å²) in [6.45, 7) is 0. The second-order valence-corrected chi connectivity index (χ2v) is 5.54. The minimum absolute atomic E-state index is 0.126. The van der Waals surface area contributed by atoms with Crippen molar-refractivity contribution >= 4 is 17.0 Å². The normalized spacial score (nSPS) is 29.2. The molecule has 2 aliphatic heterocycles. The van der Waals surface area contributed by atoms with Crippen molar-refractivity contribution < 1.29 is 9.21 Å². The molecule has 5 heteroatoms. The molecule has 98 valence electrons. The fourth-order valence-corrected chi connectivity index (χ4v) is 3.41. The highest BCUT2D eigenvalue weighted by atomic mass is 16.4. The van der Waals surface area contributed by atoms with Gasteiger partial charge >= 0.3 is 0 Å². The van der Waals surface area contributed by atoms with Gasteiger partial charge in [-0.25, -0.2) is 4.98 Å². The number of benzene rings is 1. The average Bonchev–Trinajstić information content (AvgIpc) is 3.11. The van der Waals surface area contributed by atoms with Crippen LogP contribution in [0.3, 0.4) is 0 Å². The van der Waals surface area contributed by atoms with Gasteiger partial charge in [-0.2, -0.15) is 0 Å². The van der Waals surface area contributed by atoms with Gasteiger partial charge in [0.05, 0.1) is 11.1 Å². The summed E-state index contributed by atoms with van der Waals surface area (Å²) in [6.07, 6.45) is 4.44. The summed E-state index contributed by atoms with van der Waals surface area (Å²) in [5, 5.41) is 3.59. The third kappa shape index (κ3) is 1.45. The molecule has 0 spiro atoms. The van der Waals surface area contributed by atoms with E-state index < -0.39 is 5.91 Å². The minimum atomic E-state index is -0.477. The highest BCUT2D eigenvalue weighted by molar-refractivity contribution is 6.03. The molecule has 4 rings (SSSR count). The zero-order valence-electron chi connectivity index (χ0n) is 10.5. The van der Waals surface area contributed by atoms with Crippen LogP contribution in [0.2, 0.25) is 0 Å². The van der Waals surface area contributed by atoms with Crippen molar-refractivity contribution in [3.63, 3.8) is 0 Å². The lowest BCUT2D eigenvalue weighted by Crippen LogP contribution is -2.33. The van der Waals surface area contributed by atoms with E-state index in [0.717, 1.165) is 12.8 Å². The second-order valence-electron chi connectivity index (χ2n) is 5.54. The number of nitrogens with one attached hydrogen (secondary N) is 1. The number of nitrogens with two attached hydrogens (primary N) is 1. The summed E-state index contributed by atoms with van der Waals surface area (Å²) in [6, 6.07) is 5.90. The lowest BCUT2D eigenvalue weighted by atomic mass is 9.88. The fourth-order valence-electron chi connectivity index (χ4n) is 3.41. The molecule has 5 nitrogen and oxygen atoms in total. The van der Waals surface area contributed by atoms with Gasteiger partial charge in [-0.3, -0.25) is 4.79 Å². The van der Waals surface area contributed by atoms with Crippen molar-refractivity contribution in [2.45, 2.75) is 37.3 Å². The largest absolute Gasteiger partial charge is 0.438 e. The maximum absolute atomic E-state index is 11.4. The van der Waals surface area contributed by atoms with Crippen LogP contribution < -0.4 is 11.1 Å². The minimum Gasteiger partial charge on any atom is -0.438 e. The average molecular weight is 257 g/mol. The van der Waals surface area contributed by atoms with E-state index in [1.807, 2.05) is 6.07 Å². The van der Waals surface area contributed by atoms with Gasteiger partial charge in [-0.15, -0.1) is 0 Å². The molecule has 2 bridgehead atoms. The van der Waals surface area contributed by atoms with Gasteiger partial charge in [0, 0.05) is 6.04 Å². The first kappa shape index (κ1) is 11.0. The van der Waals surface area contributed by atoms with Crippen LogP contribution in [0.15, 0.2) is 22.6 Å². The van der Waals surface area contributed by atoms with Crippen molar-refractivity contribution in [1.29, 1.82) is 0 Å². The lowest BCUT2D eigenvalue weighted by molar-refractivity contribution is 0.100. The number of fused-ring (bicyclic) bond motifs is 3. The summed E-state index contributed by atoms with van der Waals surface area (Å²) in [5.41, 5.74) is 6.87. The molecule has 0 atom stereocenters. The number of aromatic nitrogens is 1. The summed E-state index contributed by atoms with van der Waals surface area (Å²) in [5.74, 6) is 0.227. The van der Waals surface area contributed by atoms with Gasteiger partial charge < -0.3 is 15.5 Å². The molecular weight excluding hydrogens is 242 g/mol. The first-order valence-corrected chi connectivity index (χ1v) is 6.65. The van der Waals surface area contributed by atoms with Crippen LogP contribution >= 0.6 is 0 Å². The molecule has 2 aliphatic rings. The number of hydrogen-bond acceptors (Lipinski definition) is 4. The Morgan fingerprint density at radius 2 is 2.21 bits per heavy atom. The SMILES string of the molecule is NC(=O)c1cccc2nc(C34CCC(CC3)N4)oc12. The third-order valence-electron chi connectivity index (χ3n) is 4.41. The molecule has 19 heavy (non-hydrogen) atoms. The van der Waals surface area contributed by atoms with E-state index in [2.05, 4.69) is 10.3 Å². The molecule has 1 amide bonds. The van der Waals surface area contributed by atoms with Crippen LogP contribution in [-0.4, -0.2) is 16.9 Å². The number of primary amides is 1. The number of hydrogen-bond donors (Lipinski definition) is 2. The van der Waals surface area contributed by atoms with Crippen LogP contribution in [-0.2, 0) is 5.54 Å². The van der Waals surface area contributed by atoms with Crippen molar-refractivity contribution in [3.8, 4) is 0 Å². The first-order chi connectivity index (χ1) is 9.18. The van der Waals surface area contributed by atoms with Crippen molar-refractivity contribution in [1.82, 2.24) is 10.3 Å². The summed E-state index contributed by atoms with van der Waals surface area (Å²) < 4.78 is 5.89. The second kappa shape index (κ2) is 3.57. The Labute approximate surface area is 110 Å². The zero-order valence-corrected chi connectivity index (χ0v) is 10.5. The highest BCUT2D eigenvalue weighted by Gasteiger charge is 2.48. The number of nitrogens with zero attached hydrogens (tertiary/aromatic N) is 1. The van der Waals surface area contributed by atoms with Crippen molar-refractivity contribution in [3.05, 3.63) is 29.7 Å². The maximum Gasteiger partial charge on any atom is 0.252 e. The summed E-state index contributed by atoms with van der Waals surface area (Å²) in [7, 11) is 0. The van der Waals surface area contributed by atoms with Crippen LogP contribution in [0, 0.1) is 0 Å². The van der Waals surface area contributed by atoms with Crippen molar-refractivity contribution in [2.24, 2.45) is 5.73 Å². The van der Waals surface area contributed by atoms with Crippen LogP contribution in [0.25, 0.3) is 11.1 Å². The molecule has 0 radical (unpaired) electrons. The van der Waals surface area contributed by atoms with Crippen LogP contribution in [0.1, 0.15) is 41.9 Å². The molecule has 2 fully saturated rings. The zero-order chi connectivity index (χ0) is 13.0. The van der Waals surface area contributed by atoms with Crippen LogP contribution in [0.4, 0.5) is 0 Å². The Morgan fingerprint density at radius 1 is 1.42 bits per heavy atom. The van der Waals surface area contributed by atoms with Crippen molar-refractivity contribution in [2.75, 3.05) is 0 Å². The van der Waals surface area contributed by atoms with E-state index in [1.165, 1.54) is 12.8 Å². The number of carbonyl (C=O) groups is 1. The van der Waals surface area contributed by atoms with Gasteiger partial charge in [-0.05, 0) is 37.8 Å². The van der Waals surface area contributed by atoms with Gasteiger partial charge in [0.25, 0.3) is 5.91 Å². The predicted octanol–water partition coefficient (Wildman–Crippen LogP) is 1.67. The van der Waals surface area contributed by atoms with Gasteiger partial charge in [0.2, 0.25) is 5.89 Å². The molecule has 0 aliphatic carbocycles. The summed E-state index contributed by atoms with van der Waals surface area (Å²) >= 11 is 0. The molecule has 1 aromatic carbocycles. The van der Waals surface area contributed by atoms with E-state index in [0.29, 0.717) is 28.6 Å². The van der Waals surface area contributed by atoms with E-state index >= 15 is 0 Å². The molecule has 2 saturated heterocycles. The predicted molar refractivity (Wildman–Crippen MR) is 69.6 cm³/mol. The van der Waals surface area contributed by atoms with E-state index in [9.17, 15) is 4.79 Å². The maximum atomic E-state index is 11.4. The van der Waals surface area contributed by atoms with Crippen LogP contribution in [0.5, 0.6) is 0 Å². The Kier molecular flexibility index (Phi) is 2.07. The first-order valence-electron chi connectivity index (χ1n) is 6.65. The monoisotopic (exact) mass is 257 g/mol. The number of amides is 1. The van der Waals surface area contributed by atoms with Gasteiger partial charge in [0.1, 0.15) is 5.52 Å². The molecule has 0 unspecified atom stereocenters. The molecular formula is C14H15N3O2. The highest BCUT2D eigenvalue weighted by Crippen LogP contribution is 2.45. The van der Waals surface area contributed by atoms with E-state index in [1.54, 1.807) is 12.1 Å². The Balaban J connectivity index is 1.89. The van der Waals surface area contributed by atoms with Gasteiger partial charge in [-0.1, -0.05) is 6.07 Å². The van der Waals surface area contributed by atoms with E-state index in [-0.39, 0.29) is 5.54 Å². The smallest absolute Gasteiger partial charge is 0.252 e.